The Balaban J connectivity index is 1.78. The van der Waals surface area contributed by atoms with E-state index in [0.717, 1.165) is 47.8 Å². The number of hydrogen-bond donors (Lipinski definition) is 1. The number of hydrogen-bond acceptors (Lipinski definition) is 6. The smallest absolute Gasteiger partial charge is 0.286 e. The summed E-state index contributed by atoms with van der Waals surface area (Å²) in [6, 6.07) is 5.81. The minimum absolute atomic E-state index is 0.0126. The number of nitrogens with two attached hydrogens (primary N) is 1. The average molecular weight is 327 g/mol. The van der Waals surface area contributed by atoms with Crippen molar-refractivity contribution in [1.29, 1.82) is 0 Å². The highest BCUT2D eigenvalue weighted by Crippen LogP contribution is 2.25. The number of carbonyl (C=O) groups is 1. The fourth-order valence-electron chi connectivity index (χ4n) is 2.76. The van der Waals surface area contributed by atoms with Crippen molar-refractivity contribution in [2.24, 2.45) is 5.73 Å². The molecule has 7 heteroatoms. The fraction of sp³-hybridized carbons (Fsp3) is 0.353. The van der Waals surface area contributed by atoms with E-state index in [4.69, 9.17) is 15.2 Å². The Morgan fingerprint density at radius 3 is 2.62 bits per heavy atom. The van der Waals surface area contributed by atoms with Crippen molar-refractivity contribution in [3.8, 4) is 11.5 Å². The number of fused-ring (bicyclic) bond motifs is 1. The maximum Gasteiger partial charge on any atom is 0.286 e. The van der Waals surface area contributed by atoms with E-state index in [1.807, 2.05) is 18.2 Å². The summed E-state index contributed by atoms with van der Waals surface area (Å²) in [5, 5.41) is 0. The molecule has 0 spiro atoms. The molecule has 1 amide bonds. The van der Waals surface area contributed by atoms with Gasteiger partial charge in [-0.3, -0.25) is 9.69 Å². The normalized spacial score (nSPS) is 14.1. The Kier molecular flexibility index (Phi) is 4.61. The van der Waals surface area contributed by atoms with Crippen LogP contribution in [-0.2, 0) is 19.5 Å². The summed E-state index contributed by atoms with van der Waals surface area (Å²) < 4.78 is 10.6. The van der Waals surface area contributed by atoms with Crippen molar-refractivity contribution in [3.63, 3.8) is 0 Å². The van der Waals surface area contributed by atoms with Gasteiger partial charge < -0.3 is 15.2 Å². The molecule has 0 saturated heterocycles. The monoisotopic (exact) mass is 327 g/mol. The maximum atomic E-state index is 11.2. The molecule has 3 rings (SSSR count). The number of nitrogens with zero attached hydrogens (tertiary/aromatic N) is 3. The van der Waals surface area contributed by atoms with Gasteiger partial charge in [0.15, 0.2) is 0 Å². The van der Waals surface area contributed by atoms with Crippen molar-refractivity contribution >= 4 is 5.91 Å². The summed E-state index contributed by atoms with van der Waals surface area (Å²) in [7, 11) is 3.27. The Bertz CT molecular complexity index is 741. The van der Waals surface area contributed by atoms with E-state index in [1.165, 1.54) is 0 Å². The van der Waals surface area contributed by atoms with Gasteiger partial charge in [0.2, 0.25) is 5.82 Å². The van der Waals surface area contributed by atoms with Crippen LogP contribution in [0, 0.1) is 6.20 Å². The van der Waals surface area contributed by atoms with Crippen LogP contribution in [0.5, 0.6) is 11.5 Å². The molecule has 1 aliphatic rings. The lowest BCUT2D eigenvalue weighted by Crippen LogP contribution is -2.32. The van der Waals surface area contributed by atoms with Gasteiger partial charge in [0.25, 0.3) is 5.91 Å². The number of methoxy groups -OCH3 is 2. The van der Waals surface area contributed by atoms with E-state index in [2.05, 4.69) is 21.1 Å². The third-order valence-corrected chi connectivity index (χ3v) is 3.98. The van der Waals surface area contributed by atoms with Crippen LogP contribution in [0.4, 0.5) is 0 Å². The van der Waals surface area contributed by atoms with Gasteiger partial charge in [0.05, 0.1) is 26.1 Å². The van der Waals surface area contributed by atoms with Crippen LogP contribution >= 0.6 is 0 Å². The molecule has 125 valence electrons. The van der Waals surface area contributed by atoms with Crippen LogP contribution < -0.4 is 15.2 Å². The number of aromatic nitrogens is 2. The van der Waals surface area contributed by atoms with Crippen molar-refractivity contribution < 1.29 is 14.3 Å². The third kappa shape index (κ3) is 3.46. The van der Waals surface area contributed by atoms with Crippen molar-refractivity contribution in [3.05, 3.63) is 47.0 Å². The van der Waals surface area contributed by atoms with Gasteiger partial charge in [-0.1, -0.05) is 0 Å². The summed E-state index contributed by atoms with van der Waals surface area (Å²) in [5.41, 5.74) is 8.08. The van der Waals surface area contributed by atoms with Crippen LogP contribution in [0.3, 0.4) is 0 Å². The Morgan fingerprint density at radius 2 is 2.00 bits per heavy atom. The van der Waals surface area contributed by atoms with Gasteiger partial charge in [-0.05, 0) is 24.1 Å². The standard InChI is InChI=1S/C17H19N4O3/c1-23-13-5-11(6-14(7-13)24-2)9-21-4-3-12-8-19-17(16(18)22)20-15(12)10-21/h5-7H,3-4,9-10H2,1-2H3,(H2,18,22). The zero-order valence-electron chi connectivity index (χ0n) is 13.7. The molecule has 1 aromatic heterocycles. The molecular formula is C17H19N4O3. The molecule has 24 heavy (non-hydrogen) atoms. The quantitative estimate of drug-likeness (QED) is 0.879. The number of ether oxygens (including phenoxy) is 2. The Labute approximate surface area is 140 Å². The van der Waals surface area contributed by atoms with E-state index in [9.17, 15) is 4.79 Å². The van der Waals surface area contributed by atoms with Gasteiger partial charge in [-0.15, -0.1) is 0 Å². The van der Waals surface area contributed by atoms with E-state index in [0.29, 0.717) is 6.54 Å². The first kappa shape index (κ1) is 16.2. The minimum Gasteiger partial charge on any atom is -0.497 e. The van der Waals surface area contributed by atoms with Crippen molar-refractivity contribution in [1.82, 2.24) is 14.9 Å². The predicted octanol–water partition coefficient (Wildman–Crippen LogP) is 0.951. The van der Waals surface area contributed by atoms with Gasteiger partial charge >= 0.3 is 0 Å². The summed E-state index contributed by atoms with van der Waals surface area (Å²) >= 11 is 0. The van der Waals surface area contributed by atoms with Gasteiger partial charge in [0, 0.05) is 31.3 Å². The van der Waals surface area contributed by atoms with Crippen LogP contribution in [0.15, 0.2) is 18.2 Å². The number of rotatable bonds is 5. The molecular weight excluding hydrogens is 308 g/mol. The predicted molar refractivity (Wildman–Crippen MR) is 86.7 cm³/mol. The van der Waals surface area contributed by atoms with Crippen molar-refractivity contribution in [2.45, 2.75) is 19.5 Å². The second kappa shape index (κ2) is 6.84. The van der Waals surface area contributed by atoms with Gasteiger partial charge in [-0.25, -0.2) is 9.97 Å². The topological polar surface area (TPSA) is 90.6 Å². The molecule has 1 aromatic carbocycles. The van der Waals surface area contributed by atoms with Crippen LogP contribution in [0.2, 0.25) is 0 Å². The SMILES string of the molecule is COc1cc(CN2CCc3[c]nc(C(N)=O)nc3C2)cc(OC)c1. The molecule has 2 heterocycles. The molecule has 7 nitrogen and oxygen atoms in total. The second-order valence-corrected chi connectivity index (χ2v) is 5.63. The zero-order chi connectivity index (χ0) is 17.1. The number of primary amides is 1. The highest BCUT2D eigenvalue weighted by Gasteiger charge is 2.20. The highest BCUT2D eigenvalue weighted by atomic mass is 16.5. The van der Waals surface area contributed by atoms with Crippen LogP contribution in [0.25, 0.3) is 0 Å². The molecule has 2 aromatic rings. The van der Waals surface area contributed by atoms with E-state index in [1.54, 1.807) is 14.2 Å². The second-order valence-electron chi connectivity index (χ2n) is 5.63. The largest absolute Gasteiger partial charge is 0.497 e. The molecule has 0 unspecified atom stereocenters. The lowest BCUT2D eigenvalue weighted by Gasteiger charge is -2.27. The first-order chi connectivity index (χ1) is 11.6. The number of benzene rings is 1. The summed E-state index contributed by atoms with van der Waals surface area (Å²) in [6.45, 7) is 2.21. The van der Waals surface area contributed by atoms with Crippen molar-refractivity contribution in [2.75, 3.05) is 20.8 Å². The van der Waals surface area contributed by atoms with Crippen LogP contribution in [-0.4, -0.2) is 41.5 Å². The summed E-state index contributed by atoms with van der Waals surface area (Å²) in [6.07, 6.45) is 3.67. The molecule has 0 bridgehead atoms. The highest BCUT2D eigenvalue weighted by molar-refractivity contribution is 5.88. The molecule has 2 N–H and O–H groups in total. The van der Waals surface area contributed by atoms with E-state index < -0.39 is 5.91 Å². The first-order valence-electron chi connectivity index (χ1n) is 7.60. The first-order valence-corrected chi connectivity index (χ1v) is 7.60. The lowest BCUT2D eigenvalue weighted by atomic mass is 10.1. The third-order valence-electron chi connectivity index (χ3n) is 3.98. The van der Waals surface area contributed by atoms with E-state index in [-0.39, 0.29) is 5.82 Å². The molecule has 0 atom stereocenters. The maximum absolute atomic E-state index is 11.2. The van der Waals surface area contributed by atoms with E-state index >= 15 is 0 Å². The Morgan fingerprint density at radius 1 is 1.29 bits per heavy atom. The fourth-order valence-corrected chi connectivity index (χ4v) is 2.76. The number of carbonyl (C=O) groups excluding carboxylic acids is 1. The van der Waals surface area contributed by atoms with Gasteiger partial charge in [0.1, 0.15) is 11.5 Å². The molecule has 0 saturated carbocycles. The molecule has 1 radical (unpaired) electrons. The summed E-state index contributed by atoms with van der Waals surface area (Å²) in [4.78, 5) is 21.6. The molecule has 0 aliphatic carbocycles. The summed E-state index contributed by atoms with van der Waals surface area (Å²) in [5.74, 6) is 0.893. The zero-order valence-corrected chi connectivity index (χ0v) is 13.7. The minimum atomic E-state index is -0.635. The lowest BCUT2D eigenvalue weighted by molar-refractivity contribution is 0.0989. The average Bonchev–Trinajstić information content (AvgIpc) is 2.60. The Hall–Kier alpha value is -2.67. The molecule has 0 fully saturated rings. The number of amides is 1. The van der Waals surface area contributed by atoms with Gasteiger partial charge in [-0.2, -0.15) is 0 Å². The molecule has 1 aliphatic heterocycles. The van der Waals surface area contributed by atoms with Crippen LogP contribution in [0.1, 0.15) is 27.4 Å².